The van der Waals surface area contributed by atoms with Crippen molar-refractivity contribution in [2.24, 2.45) is 5.92 Å². The van der Waals surface area contributed by atoms with Gasteiger partial charge in [0.1, 0.15) is 10.6 Å². The average Bonchev–Trinajstić information content (AvgIpc) is 3.00. The van der Waals surface area contributed by atoms with E-state index < -0.39 is 10.0 Å². The average molecular weight is 385 g/mol. The van der Waals surface area contributed by atoms with Gasteiger partial charge in [0.25, 0.3) is 0 Å². The molecule has 146 valence electrons. The van der Waals surface area contributed by atoms with Crippen LogP contribution in [0.4, 0.5) is 0 Å². The molecule has 9 heteroatoms. The van der Waals surface area contributed by atoms with Crippen LogP contribution in [0.2, 0.25) is 0 Å². The number of likely N-dealkylation sites (N-methyl/N-ethyl adjacent to an activating group) is 1. The first-order valence-electron chi connectivity index (χ1n) is 9.28. The summed E-state index contributed by atoms with van der Waals surface area (Å²) >= 11 is 0. The van der Waals surface area contributed by atoms with Crippen LogP contribution in [0, 0.1) is 19.8 Å². The van der Waals surface area contributed by atoms with Gasteiger partial charge in [-0.15, -0.1) is 0 Å². The highest BCUT2D eigenvalue weighted by Crippen LogP contribution is 2.28. The van der Waals surface area contributed by atoms with Gasteiger partial charge in [-0.25, -0.2) is 8.42 Å². The largest absolute Gasteiger partial charge is 0.360 e. The number of aromatic nitrogens is 1. The topological polar surface area (TPSA) is 87.0 Å². The summed E-state index contributed by atoms with van der Waals surface area (Å²) in [5.41, 5.74) is 0.367. The lowest BCUT2D eigenvalue weighted by Crippen LogP contribution is -2.52. The molecule has 1 unspecified atom stereocenters. The van der Waals surface area contributed by atoms with Crippen LogP contribution >= 0.6 is 0 Å². The molecule has 2 fully saturated rings. The molecule has 26 heavy (non-hydrogen) atoms. The second-order valence-electron chi connectivity index (χ2n) is 7.12. The maximum absolute atomic E-state index is 13.0. The molecule has 2 saturated heterocycles. The third-order valence-corrected chi connectivity index (χ3v) is 7.54. The number of rotatable bonds is 4. The third-order valence-electron chi connectivity index (χ3n) is 5.43. The number of hydrogen-bond donors (Lipinski definition) is 0. The number of hydrogen-bond acceptors (Lipinski definition) is 6. The summed E-state index contributed by atoms with van der Waals surface area (Å²) in [6, 6.07) is 0. The summed E-state index contributed by atoms with van der Waals surface area (Å²) in [5, 5.41) is 3.76. The SMILES string of the molecule is CCN1CCN(C(=O)C2CCCN(S(=O)(=O)c3c(C)noc3C)C2)CC1. The molecule has 1 atom stereocenters. The molecule has 2 aliphatic rings. The molecule has 0 N–H and O–H groups in total. The zero-order valence-electron chi connectivity index (χ0n) is 15.8. The highest BCUT2D eigenvalue weighted by atomic mass is 32.2. The maximum Gasteiger partial charge on any atom is 0.248 e. The lowest BCUT2D eigenvalue weighted by atomic mass is 9.98. The van der Waals surface area contributed by atoms with Gasteiger partial charge in [0.05, 0.1) is 5.92 Å². The van der Waals surface area contributed by atoms with Crippen LogP contribution < -0.4 is 0 Å². The first-order valence-corrected chi connectivity index (χ1v) is 10.7. The molecule has 0 radical (unpaired) electrons. The molecule has 0 aromatic carbocycles. The van der Waals surface area contributed by atoms with E-state index in [2.05, 4.69) is 17.0 Å². The van der Waals surface area contributed by atoms with Crippen LogP contribution in [0.5, 0.6) is 0 Å². The molecule has 0 bridgehead atoms. The molecule has 8 nitrogen and oxygen atoms in total. The van der Waals surface area contributed by atoms with Gasteiger partial charge in [-0.05, 0) is 33.2 Å². The molecule has 1 amide bonds. The number of nitrogens with zero attached hydrogens (tertiary/aromatic N) is 4. The van der Waals surface area contributed by atoms with Crippen molar-refractivity contribution in [2.75, 3.05) is 45.8 Å². The van der Waals surface area contributed by atoms with E-state index in [-0.39, 0.29) is 23.3 Å². The minimum atomic E-state index is -3.69. The monoisotopic (exact) mass is 384 g/mol. The highest BCUT2D eigenvalue weighted by Gasteiger charge is 2.38. The van der Waals surface area contributed by atoms with E-state index in [9.17, 15) is 13.2 Å². The number of piperidine rings is 1. The van der Waals surface area contributed by atoms with Crippen molar-refractivity contribution in [3.8, 4) is 0 Å². The molecule has 2 aliphatic heterocycles. The summed E-state index contributed by atoms with van der Waals surface area (Å²) in [4.78, 5) is 17.2. The Kier molecular flexibility index (Phi) is 5.69. The van der Waals surface area contributed by atoms with Crippen molar-refractivity contribution in [1.82, 2.24) is 19.3 Å². The molecular formula is C17H28N4O4S. The summed E-state index contributed by atoms with van der Waals surface area (Å²) < 4.78 is 32.5. The van der Waals surface area contributed by atoms with Crippen LogP contribution in [-0.4, -0.2) is 79.4 Å². The number of carbonyl (C=O) groups is 1. The predicted molar refractivity (Wildman–Crippen MR) is 96.2 cm³/mol. The highest BCUT2D eigenvalue weighted by molar-refractivity contribution is 7.89. The Morgan fingerprint density at radius 2 is 1.88 bits per heavy atom. The number of sulfonamides is 1. The lowest BCUT2D eigenvalue weighted by molar-refractivity contribution is -0.138. The van der Waals surface area contributed by atoms with Crippen LogP contribution in [-0.2, 0) is 14.8 Å². The zero-order valence-corrected chi connectivity index (χ0v) is 16.6. The smallest absolute Gasteiger partial charge is 0.248 e. The Hall–Kier alpha value is -1.45. The van der Waals surface area contributed by atoms with Gasteiger partial charge in [-0.2, -0.15) is 4.31 Å². The quantitative estimate of drug-likeness (QED) is 0.765. The van der Waals surface area contributed by atoms with Crippen molar-refractivity contribution in [2.45, 2.75) is 38.5 Å². The zero-order chi connectivity index (χ0) is 18.9. The van der Waals surface area contributed by atoms with Gasteiger partial charge in [0, 0.05) is 39.3 Å². The number of aryl methyl sites for hydroxylation is 2. The maximum atomic E-state index is 13.0. The van der Waals surface area contributed by atoms with E-state index in [4.69, 9.17) is 4.52 Å². The molecule has 0 spiro atoms. The van der Waals surface area contributed by atoms with E-state index in [0.29, 0.717) is 24.4 Å². The van der Waals surface area contributed by atoms with Gasteiger partial charge in [0.2, 0.25) is 15.9 Å². The Morgan fingerprint density at radius 3 is 2.46 bits per heavy atom. The fourth-order valence-corrected chi connectivity index (χ4v) is 5.69. The number of carbonyl (C=O) groups excluding carboxylic acids is 1. The molecule has 1 aromatic rings. The van der Waals surface area contributed by atoms with E-state index in [0.717, 1.165) is 39.1 Å². The Bertz CT molecular complexity index is 733. The summed E-state index contributed by atoms with van der Waals surface area (Å²) in [6.07, 6.45) is 1.42. The minimum absolute atomic E-state index is 0.0828. The minimum Gasteiger partial charge on any atom is -0.360 e. The van der Waals surface area contributed by atoms with Crippen molar-refractivity contribution in [3.05, 3.63) is 11.5 Å². The van der Waals surface area contributed by atoms with Crippen LogP contribution in [0.3, 0.4) is 0 Å². The first kappa shape index (κ1) is 19.3. The molecular weight excluding hydrogens is 356 g/mol. The van der Waals surface area contributed by atoms with Crippen LogP contribution in [0.1, 0.15) is 31.2 Å². The molecule has 3 heterocycles. The van der Waals surface area contributed by atoms with Crippen LogP contribution in [0.25, 0.3) is 0 Å². The van der Waals surface area contributed by atoms with Crippen molar-refractivity contribution >= 4 is 15.9 Å². The van der Waals surface area contributed by atoms with E-state index in [1.807, 2.05) is 4.90 Å². The Balaban J connectivity index is 1.70. The van der Waals surface area contributed by atoms with E-state index in [1.54, 1.807) is 13.8 Å². The number of amides is 1. The fourth-order valence-electron chi connectivity index (χ4n) is 3.88. The van der Waals surface area contributed by atoms with Crippen molar-refractivity contribution in [1.29, 1.82) is 0 Å². The normalized spacial score (nSPS) is 23.3. The van der Waals surface area contributed by atoms with Gasteiger partial charge in [-0.1, -0.05) is 12.1 Å². The summed E-state index contributed by atoms with van der Waals surface area (Å²) in [5.74, 6) is 0.109. The van der Waals surface area contributed by atoms with Gasteiger partial charge in [0.15, 0.2) is 5.76 Å². The van der Waals surface area contributed by atoms with E-state index in [1.165, 1.54) is 4.31 Å². The van der Waals surface area contributed by atoms with Gasteiger partial charge < -0.3 is 14.3 Å². The standard InChI is InChI=1S/C17H28N4O4S/c1-4-19-8-10-20(11-9-19)17(22)15-6-5-7-21(12-15)26(23,24)16-13(2)18-25-14(16)3/h15H,4-12H2,1-3H3. The van der Waals surface area contributed by atoms with Crippen molar-refractivity contribution < 1.29 is 17.7 Å². The summed E-state index contributed by atoms with van der Waals surface area (Å²) in [6.45, 7) is 10.2. The van der Waals surface area contributed by atoms with Gasteiger partial charge >= 0.3 is 0 Å². The number of piperazine rings is 1. The second kappa shape index (κ2) is 7.66. The summed E-state index contributed by atoms with van der Waals surface area (Å²) in [7, 11) is -3.69. The fraction of sp³-hybridized carbons (Fsp3) is 0.765. The first-order chi connectivity index (χ1) is 12.3. The van der Waals surface area contributed by atoms with Crippen molar-refractivity contribution in [3.63, 3.8) is 0 Å². The molecule has 0 saturated carbocycles. The van der Waals surface area contributed by atoms with E-state index >= 15 is 0 Å². The predicted octanol–water partition coefficient (Wildman–Crippen LogP) is 0.856. The molecule has 1 aromatic heterocycles. The van der Waals surface area contributed by atoms with Crippen LogP contribution in [0.15, 0.2) is 9.42 Å². The Morgan fingerprint density at radius 1 is 1.19 bits per heavy atom. The lowest BCUT2D eigenvalue weighted by Gasteiger charge is -2.38. The second-order valence-corrected chi connectivity index (χ2v) is 8.99. The third kappa shape index (κ3) is 3.65. The van der Waals surface area contributed by atoms with Gasteiger partial charge in [-0.3, -0.25) is 4.79 Å². The molecule has 3 rings (SSSR count). The Labute approximate surface area is 155 Å². The molecule has 0 aliphatic carbocycles.